The lowest BCUT2D eigenvalue weighted by Crippen LogP contribution is -2.37. The molecule has 0 saturated heterocycles. The van der Waals surface area contributed by atoms with Crippen molar-refractivity contribution in [2.45, 2.75) is 46.1 Å². The molecule has 106 valence electrons. The van der Waals surface area contributed by atoms with Crippen molar-refractivity contribution in [2.75, 3.05) is 26.8 Å². The number of hydrogen-bond acceptors (Lipinski definition) is 4. The van der Waals surface area contributed by atoms with Crippen LogP contribution < -0.4 is 0 Å². The molecular formula is C14H27NO3. The third-order valence-corrected chi connectivity index (χ3v) is 3.25. The topological polar surface area (TPSA) is 49.8 Å². The van der Waals surface area contributed by atoms with Gasteiger partial charge in [-0.25, -0.2) is 4.79 Å². The Hall–Kier alpha value is -0.870. The van der Waals surface area contributed by atoms with Crippen LogP contribution in [-0.4, -0.2) is 48.8 Å². The summed E-state index contributed by atoms with van der Waals surface area (Å²) in [6.45, 7) is 7.69. The van der Waals surface area contributed by atoms with Crippen molar-refractivity contribution in [2.24, 2.45) is 0 Å². The summed E-state index contributed by atoms with van der Waals surface area (Å²) >= 11 is 0. The van der Waals surface area contributed by atoms with Crippen molar-refractivity contribution in [3.05, 3.63) is 11.6 Å². The van der Waals surface area contributed by atoms with Crippen LogP contribution in [0.4, 0.5) is 0 Å². The Morgan fingerprint density at radius 3 is 2.33 bits per heavy atom. The van der Waals surface area contributed by atoms with Gasteiger partial charge in [0.2, 0.25) is 0 Å². The second-order valence-electron chi connectivity index (χ2n) is 4.26. The summed E-state index contributed by atoms with van der Waals surface area (Å²) in [6.07, 6.45) is 4.68. The number of rotatable bonds is 9. The molecule has 18 heavy (non-hydrogen) atoms. The zero-order chi connectivity index (χ0) is 14.0. The van der Waals surface area contributed by atoms with Crippen LogP contribution in [0.1, 0.15) is 40.0 Å². The summed E-state index contributed by atoms with van der Waals surface area (Å²) in [4.78, 5) is 13.7. The van der Waals surface area contributed by atoms with Crippen molar-refractivity contribution in [1.29, 1.82) is 0 Å². The Kier molecular flexibility index (Phi) is 9.60. The third kappa shape index (κ3) is 5.65. The summed E-state index contributed by atoms with van der Waals surface area (Å²) in [5, 5.41) is 9.10. The van der Waals surface area contributed by atoms with Gasteiger partial charge in [-0.2, -0.15) is 0 Å². The van der Waals surface area contributed by atoms with Crippen LogP contribution >= 0.6 is 0 Å². The molecule has 0 amide bonds. The van der Waals surface area contributed by atoms with Gasteiger partial charge in [0.1, 0.15) is 0 Å². The lowest BCUT2D eigenvalue weighted by atomic mass is 10.1. The molecule has 1 N–H and O–H groups in total. The van der Waals surface area contributed by atoms with E-state index in [-0.39, 0.29) is 12.6 Å². The number of carbonyl (C=O) groups excluding carboxylic acids is 1. The van der Waals surface area contributed by atoms with Crippen LogP contribution in [0.15, 0.2) is 11.6 Å². The van der Waals surface area contributed by atoms with Gasteiger partial charge in [0.05, 0.1) is 13.7 Å². The molecule has 0 aliphatic carbocycles. The van der Waals surface area contributed by atoms with Crippen LogP contribution in [0.3, 0.4) is 0 Å². The number of aliphatic hydroxyl groups is 1. The lowest BCUT2D eigenvalue weighted by molar-refractivity contribution is -0.136. The number of nitrogens with zero attached hydrogens (tertiary/aromatic N) is 1. The maximum Gasteiger partial charge on any atom is 0.333 e. The second kappa shape index (κ2) is 10.1. The van der Waals surface area contributed by atoms with Gasteiger partial charge in [0.25, 0.3) is 0 Å². The normalized spacial score (nSPS) is 12.3. The number of carbonyl (C=O) groups is 1. The SMILES string of the molecule is CCC(=CCN(CCO)C(CC)CC)C(=O)OC. The lowest BCUT2D eigenvalue weighted by Gasteiger charge is -2.28. The molecule has 0 atom stereocenters. The molecule has 0 unspecified atom stereocenters. The predicted molar refractivity (Wildman–Crippen MR) is 73.4 cm³/mol. The van der Waals surface area contributed by atoms with Crippen LogP contribution in [-0.2, 0) is 9.53 Å². The maximum absolute atomic E-state index is 11.5. The minimum absolute atomic E-state index is 0.143. The first kappa shape index (κ1) is 17.1. The van der Waals surface area contributed by atoms with Crippen LogP contribution in [0, 0.1) is 0 Å². The van der Waals surface area contributed by atoms with E-state index in [9.17, 15) is 4.79 Å². The van der Waals surface area contributed by atoms with E-state index < -0.39 is 0 Å². The predicted octanol–water partition coefficient (Wildman–Crippen LogP) is 1.98. The fourth-order valence-electron chi connectivity index (χ4n) is 2.09. The molecule has 0 spiro atoms. The summed E-state index contributed by atoms with van der Waals surface area (Å²) in [5.74, 6) is -0.258. The first-order valence-corrected chi connectivity index (χ1v) is 6.76. The Bertz CT molecular complexity index is 260. The summed E-state index contributed by atoms with van der Waals surface area (Å²) in [5.41, 5.74) is 0.700. The largest absolute Gasteiger partial charge is 0.466 e. The Balaban J connectivity index is 4.65. The van der Waals surface area contributed by atoms with Crippen molar-refractivity contribution in [3.63, 3.8) is 0 Å². The molecule has 0 aliphatic rings. The van der Waals surface area contributed by atoms with E-state index in [0.29, 0.717) is 31.1 Å². The first-order valence-electron chi connectivity index (χ1n) is 6.76. The molecule has 0 aromatic rings. The average molecular weight is 257 g/mol. The van der Waals surface area contributed by atoms with Gasteiger partial charge in [-0.05, 0) is 19.3 Å². The number of esters is 1. The minimum Gasteiger partial charge on any atom is -0.466 e. The fourth-order valence-corrected chi connectivity index (χ4v) is 2.09. The number of methoxy groups -OCH3 is 1. The van der Waals surface area contributed by atoms with Gasteiger partial charge in [-0.3, -0.25) is 4.90 Å². The standard InChI is InChI=1S/C14H27NO3/c1-5-12(14(17)18-4)8-9-15(10-11-16)13(6-2)7-3/h8,13,16H,5-7,9-11H2,1-4H3. The zero-order valence-electron chi connectivity index (χ0n) is 12.1. The summed E-state index contributed by atoms with van der Waals surface area (Å²) < 4.78 is 4.73. The first-order chi connectivity index (χ1) is 8.64. The number of hydrogen-bond donors (Lipinski definition) is 1. The smallest absolute Gasteiger partial charge is 0.333 e. The van der Waals surface area contributed by atoms with Crippen molar-refractivity contribution in [1.82, 2.24) is 4.90 Å². The van der Waals surface area contributed by atoms with Gasteiger partial charge < -0.3 is 9.84 Å². The second-order valence-corrected chi connectivity index (χ2v) is 4.26. The zero-order valence-corrected chi connectivity index (χ0v) is 12.1. The highest BCUT2D eigenvalue weighted by atomic mass is 16.5. The van der Waals surface area contributed by atoms with Gasteiger partial charge in [-0.15, -0.1) is 0 Å². The van der Waals surface area contributed by atoms with Gasteiger partial charge >= 0.3 is 5.97 Å². The Morgan fingerprint density at radius 2 is 1.94 bits per heavy atom. The number of ether oxygens (including phenoxy) is 1. The van der Waals surface area contributed by atoms with E-state index in [2.05, 4.69) is 18.7 Å². The molecule has 0 saturated carbocycles. The van der Waals surface area contributed by atoms with E-state index in [4.69, 9.17) is 9.84 Å². The highest BCUT2D eigenvalue weighted by molar-refractivity contribution is 5.88. The van der Waals surface area contributed by atoms with Gasteiger partial charge in [0.15, 0.2) is 0 Å². The highest BCUT2D eigenvalue weighted by Crippen LogP contribution is 2.10. The van der Waals surface area contributed by atoms with E-state index in [1.165, 1.54) is 7.11 Å². The molecule has 0 rings (SSSR count). The van der Waals surface area contributed by atoms with E-state index in [0.717, 1.165) is 12.8 Å². The summed E-state index contributed by atoms with van der Waals surface area (Å²) in [7, 11) is 1.40. The Labute approximate surface area is 111 Å². The molecule has 0 radical (unpaired) electrons. The molecule has 4 nitrogen and oxygen atoms in total. The summed E-state index contributed by atoms with van der Waals surface area (Å²) in [6, 6.07) is 0.448. The fraction of sp³-hybridized carbons (Fsp3) is 0.786. The van der Waals surface area contributed by atoms with Crippen LogP contribution in [0.5, 0.6) is 0 Å². The molecular weight excluding hydrogens is 230 g/mol. The van der Waals surface area contributed by atoms with E-state index in [1.807, 2.05) is 13.0 Å². The van der Waals surface area contributed by atoms with Crippen LogP contribution in [0.25, 0.3) is 0 Å². The minimum atomic E-state index is -0.258. The number of aliphatic hydroxyl groups excluding tert-OH is 1. The average Bonchev–Trinajstić information content (AvgIpc) is 2.40. The van der Waals surface area contributed by atoms with E-state index >= 15 is 0 Å². The molecule has 0 aromatic heterocycles. The van der Waals surface area contributed by atoms with Crippen molar-refractivity contribution < 1.29 is 14.6 Å². The quantitative estimate of drug-likeness (QED) is 0.507. The molecule has 0 fully saturated rings. The van der Waals surface area contributed by atoms with Crippen molar-refractivity contribution >= 4 is 5.97 Å². The van der Waals surface area contributed by atoms with E-state index in [1.54, 1.807) is 0 Å². The molecule has 0 heterocycles. The molecule has 0 aromatic carbocycles. The van der Waals surface area contributed by atoms with Crippen LogP contribution in [0.2, 0.25) is 0 Å². The van der Waals surface area contributed by atoms with Crippen molar-refractivity contribution in [3.8, 4) is 0 Å². The molecule has 0 bridgehead atoms. The monoisotopic (exact) mass is 257 g/mol. The molecule has 0 aliphatic heterocycles. The maximum atomic E-state index is 11.5. The van der Waals surface area contributed by atoms with Gasteiger partial charge in [-0.1, -0.05) is 26.8 Å². The highest BCUT2D eigenvalue weighted by Gasteiger charge is 2.14. The van der Waals surface area contributed by atoms with Gasteiger partial charge in [0, 0.05) is 24.7 Å². The molecule has 4 heteroatoms. The Morgan fingerprint density at radius 1 is 1.33 bits per heavy atom. The third-order valence-electron chi connectivity index (χ3n) is 3.25.